The second-order valence-electron chi connectivity index (χ2n) is 4.15. The highest BCUT2D eigenvalue weighted by Crippen LogP contribution is 2.37. The third-order valence-corrected chi connectivity index (χ3v) is 4.93. The smallest absolute Gasteiger partial charge is 0.135 e. The molecule has 0 spiro atoms. The maximum absolute atomic E-state index is 5.62. The van der Waals surface area contributed by atoms with Crippen molar-refractivity contribution in [3.63, 3.8) is 0 Å². The van der Waals surface area contributed by atoms with Crippen molar-refractivity contribution in [3.05, 3.63) is 49.3 Å². The van der Waals surface area contributed by atoms with Gasteiger partial charge in [-0.15, -0.1) is 0 Å². The highest BCUT2D eigenvalue weighted by atomic mass is 79.9. The van der Waals surface area contributed by atoms with Gasteiger partial charge in [-0.2, -0.15) is 0 Å². The summed E-state index contributed by atoms with van der Waals surface area (Å²) in [7, 11) is 1.63. The minimum Gasteiger partial charge on any atom is -0.495 e. The predicted molar refractivity (Wildman–Crippen MR) is 102 cm³/mol. The molecular weight excluding hydrogens is 484 g/mol. The molecule has 110 valence electrons. The molecule has 0 saturated heterocycles. The van der Waals surface area contributed by atoms with E-state index in [0.29, 0.717) is 4.99 Å². The summed E-state index contributed by atoms with van der Waals surface area (Å²) in [5.74, 6) is 0.747. The van der Waals surface area contributed by atoms with Crippen molar-refractivity contribution < 1.29 is 4.74 Å². The lowest BCUT2D eigenvalue weighted by Crippen LogP contribution is -2.09. The van der Waals surface area contributed by atoms with Crippen molar-refractivity contribution in [2.45, 2.75) is 0 Å². The average Bonchev–Trinajstić information content (AvgIpc) is 2.43. The molecule has 0 unspecified atom stereocenters. The van der Waals surface area contributed by atoms with Crippen LogP contribution in [0.3, 0.4) is 0 Å². The minimum absolute atomic E-state index is 0.369. The van der Waals surface area contributed by atoms with Gasteiger partial charge >= 0.3 is 0 Å². The van der Waals surface area contributed by atoms with Crippen LogP contribution in [0.4, 0.5) is 11.4 Å². The minimum atomic E-state index is 0.369. The van der Waals surface area contributed by atoms with Crippen LogP contribution in [0.15, 0.2) is 43.7 Å². The summed E-state index contributed by atoms with van der Waals surface area (Å²) in [6.07, 6.45) is 0. The molecule has 0 atom stereocenters. The van der Waals surface area contributed by atoms with Gasteiger partial charge in [0, 0.05) is 20.6 Å². The second-order valence-corrected chi connectivity index (χ2v) is 7.15. The fourth-order valence-electron chi connectivity index (χ4n) is 1.70. The summed E-state index contributed by atoms with van der Waals surface area (Å²) < 4.78 is 7.98. The third-order valence-electron chi connectivity index (χ3n) is 2.76. The number of benzene rings is 2. The Kier molecular flexibility index (Phi) is 5.65. The van der Waals surface area contributed by atoms with Crippen molar-refractivity contribution in [3.8, 4) is 5.75 Å². The van der Waals surface area contributed by atoms with Crippen LogP contribution in [0.2, 0.25) is 0 Å². The number of halogens is 3. The van der Waals surface area contributed by atoms with Gasteiger partial charge in [0.2, 0.25) is 0 Å². The van der Waals surface area contributed by atoms with E-state index < -0.39 is 0 Å². The number of nitrogens with one attached hydrogen (secondary N) is 1. The number of hydrogen-bond donors (Lipinski definition) is 2. The summed E-state index contributed by atoms with van der Waals surface area (Å²) in [5.41, 5.74) is 8.23. The van der Waals surface area contributed by atoms with Gasteiger partial charge in [0.1, 0.15) is 10.7 Å². The zero-order valence-corrected chi connectivity index (χ0v) is 16.5. The topological polar surface area (TPSA) is 47.3 Å². The molecule has 0 amide bonds. The lowest BCUT2D eigenvalue weighted by atomic mass is 10.2. The van der Waals surface area contributed by atoms with Crippen LogP contribution in [-0.2, 0) is 0 Å². The van der Waals surface area contributed by atoms with Gasteiger partial charge < -0.3 is 15.8 Å². The van der Waals surface area contributed by atoms with E-state index in [-0.39, 0.29) is 0 Å². The maximum atomic E-state index is 5.62. The molecule has 0 bridgehead atoms. The highest BCUT2D eigenvalue weighted by Gasteiger charge is 2.09. The van der Waals surface area contributed by atoms with Gasteiger partial charge in [-0.25, -0.2) is 0 Å². The summed E-state index contributed by atoms with van der Waals surface area (Å²) in [5, 5.41) is 3.33. The Balaban J connectivity index is 2.36. The molecular formula is C14H11Br3N2OS. The van der Waals surface area contributed by atoms with Crippen molar-refractivity contribution in [1.29, 1.82) is 0 Å². The van der Waals surface area contributed by atoms with Crippen LogP contribution in [0.1, 0.15) is 5.56 Å². The normalized spacial score (nSPS) is 10.3. The first-order valence-electron chi connectivity index (χ1n) is 5.81. The molecule has 3 nitrogen and oxygen atoms in total. The van der Waals surface area contributed by atoms with E-state index in [2.05, 4.69) is 53.1 Å². The number of hydrogen-bond acceptors (Lipinski definition) is 3. The second kappa shape index (κ2) is 7.09. The summed E-state index contributed by atoms with van der Waals surface area (Å²) in [6, 6.07) is 9.51. The van der Waals surface area contributed by atoms with Crippen LogP contribution in [-0.4, -0.2) is 12.1 Å². The quantitative estimate of drug-likeness (QED) is 0.562. The SMILES string of the molecule is COc1cc(Nc2ccc(C(N)=S)cc2Br)c(Br)cc1Br. The number of ether oxygens (including phenoxy) is 1. The summed E-state index contributed by atoms with van der Waals surface area (Å²) >= 11 is 15.5. The molecule has 0 aliphatic heterocycles. The Bertz CT molecular complexity index is 707. The van der Waals surface area contributed by atoms with Gasteiger partial charge in [-0.1, -0.05) is 12.2 Å². The molecule has 2 aromatic carbocycles. The molecule has 0 fully saturated rings. The van der Waals surface area contributed by atoms with Crippen LogP contribution in [0, 0.1) is 0 Å². The van der Waals surface area contributed by atoms with E-state index >= 15 is 0 Å². The van der Waals surface area contributed by atoms with Crippen LogP contribution < -0.4 is 15.8 Å². The number of thiocarbonyl (C=S) groups is 1. The van der Waals surface area contributed by atoms with Crippen LogP contribution in [0.5, 0.6) is 5.75 Å². The van der Waals surface area contributed by atoms with E-state index in [9.17, 15) is 0 Å². The van der Waals surface area contributed by atoms with Crippen molar-refractivity contribution >= 4 is 76.4 Å². The molecule has 0 radical (unpaired) electrons. The third kappa shape index (κ3) is 3.97. The first-order valence-corrected chi connectivity index (χ1v) is 8.60. The fourth-order valence-corrected chi connectivity index (χ4v) is 3.56. The highest BCUT2D eigenvalue weighted by molar-refractivity contribution is 9.11. The standard InChI is InChI=1S/C14H11Br3N2OS/c1-20-13-6-12(9(16)5-10(13)17)19-11-3-2-7(14(18)21)4-8(11)15/h2-6,19H,1H3,(H2,18,21). The zero-order chi connectivity index (χ0) is 15.6. The first-order chi connectivity index (χ1) is 9.92. The van der Waals surface area contributed by atoms with Gasteiger partial charge in [-0.3, -0.25) is 0 Å². The van der Waals surface area contributed by atoms with Crippen LogP contribution in [0.25, 0.3) is 0 Å². The number of anilines is 2. The van der Waals surface area contributed by atoms with E-state index in [1.165, 1.54) is 0 Å². The Labute approximate surface area is 153 Å². The maximum Gasteiger partial charge on any atom is 0.135 e. The molecule has 0 aliphatic rings. The summed E-state index contributed by atoms with van der Waals surface area (Å²) in [6.45, 7) is 0. The Morgan fingerprint density at radius 3 is 2.29 bits per heavy atom. The van der Waals surface area contributed by atoms with Gasteiger partial charge in [0.15, 0.2) is 0 Å². The monoisotopic (exact) mass is 492 g/mol. The molecule has 0 saturated carbocycles. The fraction of sp³-hybridized carbons (Fsp3) is 0.0714. The molecule has 0 heterocycles. The molecule has 2 aromatic rings. The van der Waals surface area contributed by atoms with E-state index in [0.717, 1.165) is 36.1 Å². The van der Waals surface area contributed by atoms with Crippen molar-refractivity contribution in [2.75, 3.05) is 12.4 Å². The Morgan fingerprint density at radius 2 is 1.71 bits per heavy atom. The number of rotatable bonds is 4. The zero-order valence-electron chi connectivity index (χ0n) is 10.9. The van der Waals surface area contributed by atoms with Gasteiger partial charge in [-0.05, 0) is 72.1 Å². The average molecular weight is 495 g/mol. The van der Waals surface area contributed by atoms with E-state index in [1.54, 1.807) is 7.11 Å². The van der Waals surface area contributed by atoms with Crippen molar-refractivity contribution in [2.24, 2.45) is 5.73 Å². The van der Waals surface area contributed by atoms with Gasteiger partial charge in [0.25, 0.3) is 0 Å². The van der Waals surface area contributed by atoms with E-state index in [4.69, 9.17) is 22.7 Å². The molecule has 0 aliphatic carbocycles. The Hall–Kier alpha value is -0.630. The molecule has 2 rings (SSSR count). The number of methoxy groups -OCH3 is 1. The van der Waals surface area contributed by atoms with Gasteiger partial charge in [0.05, 0.1) is 23.0 Å². The molecule has 7 heteroatoms. The van der Waals surface area contributed by atoms with Crippen LogP contribution >= 0.6 is 60.0 Å². The Morgan fingerprint density at radius 1 is 1.05 bits per heavy atom. The predicted octanol–water partition coefficient (Wildman–Crippen LogP) is 5.36. The largest absolute Gasteiger partial charge is 0.495 e. The summed E-state index contributed by atoms with van der Waals surface area (Å²) in [4.78, 5) is 0.369. The first kappa shape index (κ1) is 16.7. The molecule has 21 heavy (non-hydrogen) atoms. The molecule has 0 aromatic heterocycles. The lowest BCUT2D eigenvalue weighted by Gasteiger charge is -2.13. The molecule has 3 N–H and O–H groups in total. The lowest BCUT2D eigenvalue weighted by molar-refractivity contribution is 0.412. The van der Waals surface area contributed by atoms with Crippen molar-refractivity contribution in [1.82, 2.24) is 0 Å². The van der Waals surface area contributed by atoms with E-state index in [1.807, 2.05) is 30.3 Å². The number of nitrogens with two attached hydrogens (primary N) is 1.